The second-order valence-electron chi connectivity index (χ2n) is 8.46. The van der Waals surface area contributed by atoms with Crippen LogP contribution in [-0.4, -0.2) is 33.2 Å². The molecule has 3 N–H and O–H groups in total. The van der Waals surface area contributed by atoms with Gasteiger partial charge in [0.05, 0.1) is 17.8 Å². The van der Waals surface area contributed by atoms with Gasteiger partial charge in [0.1, 0.15) is 0 Å². The highest BCUT2D eigenvalue weighted by Crippen LogP contribution is 2.13. The van der Waals surface area contributed by atoms with E-state index in [2.05, 4.69) is 34.6 Å². The number of carboxylic acids is 3. The lowest BCUT2D eigenvalue weighted by Gasteiger charge is -2.06. The van der Waals surface area contributed by atoms with Crippen molar-refractivity contribution in [1.29, 1.82) is 0 Å². The van der Waals surface area contributed by atoms with Crippen molar-refractivity contribution in [3.63, 3.8) is 0 Å². The van der Waals surface area contributed by atoms with Gasteiger partial charge in [0.2, 0.25) is 0 Å². The molecule has 0 aliphatic carbocycles. The second kappa shape index (κ2) is 30.4. The van der Waals surface area contributed by atoms with E-state index in [1.807, 2.05) is 20.8 Å². The summed E-state index contributed by atoms with van der Waals surface area (Å²) in [4.78, 5) is 31.3. The molecule has 3 atom stereocenters. The Kier molecular flexibility index (Phi) is 35.6. The lowest BCUT2D eigenvalue weighted by Crippen LogP contribution is -2.11. The topological polar surface area (TPSA) is 112 Å². The smallest absolute Gasteiger partial charge is 0.306 e. The van der Waals surface area contributed by atoms with Gasteiger partial charge in [-0.2, -0.15) is 0 Å². The summed E-state index contributed by atoms with van der Waals surface area (Å²) in [7, 11) is 0. The first kappa shape index (κ1) is 38.7. The molecule has 0 aromatic rings. The summed E-state index contributed by atoms with van der Waals surface area (Å²) >= 11 is 0. The van der Waals surface area contributed by atoms with Gasteiger partial charge in [0.15, 0.2) is 0 Å². The lowest BCUT2D eigenvalue weighted by molar-refractivity contribution is -0.143. The van der Waals surface area contributed by atoms with Gasteiger partial charge in [-0.15, -0.1) is 0 Å². The Labute approximate surface area is 204 Å². The standard InChI is InChI=1S/3C8H16O2.C3H8/c3*1-3-5-6-7(4-2)8(9)10;1-3-2/h3*7H,3-6H2,1-2H3,(H,9,10);3H2,1-2H3. The Bertz CT molecular complexity index is 375. The minimum Gasteiger partial charge on any atom is -0.481 e. The fourth-order valence-corrected chi connectivity index (χ4v) is 2.86. The average molecular weight is 477 g/mol. The maximum atomic E-state index is 10.4. The van der Waals surface area contributed by atoms with Gasteiger partial charge in [0.25, 0.3) is 0 Å². The molecular formula is C27H56O6. The van der Waals surface area contributed by atoms with Gasteiger partial charge >= 0.3 is 17.9 Å². The average Bonchev–Trinajstić information content (AvgIpc) is 2.76. The molecule has 0 aromatic carbocycles. The van der Waals surface area contributed by atoms with Crippen molar-refractivity contribution in [2.45, 2.75) is 139 Å². The van der Waals surface area contributed by atoms with Crippen LogP contribution in [0.4, 0.5) is 0 Å². The fraction of sp³-hybridized carbons (Fsp3) is 0.889. The normalized spacial score (nSPS) is 12.4. The zero-order valence-corrected chi connectivity index (χ0v) is 23.0. The minimum atomic E-state index is -0.643. The van der Waals surface area contributed by atoms with E-state index in [0.29, 0.717) is 0 Å². The summed E-state index contributed by atoms with van der Waals surface area (Å²) in [6, 6.07) is 0. The molecule has 33 heavy (non-hydrogen) atoms. The van der Waals surface area contributed by atoms with Crippen molar-refractivity contribution in [2.24, 2.45) is 17.8 Å². The van der Waals surface area contributed by atoms with Crippen molar-refractivity contribution >= 4 is 17.9 Å². The molecule has 6 nitrogen and oxygen atoms in total. The second-order valence-corrected chi connectivity index (χ2v) is 8.46. The quantitative estimate of drug-likeness (QED) is 0.219. The predicted molar refractivity (Wildman–Crippen MR) is 139 cm³/mol. The molecule has 200 valence electrons. The summed E-state index contributed by atoms with van der Waals surface area (Å²) in [6.07, 6.45) is 12.4. The van der Waals surface area contributed by atoms with Crippen LogP contribution in [-0.2, 0) is 14.4 Å². The number of carboxylic acid groups (broad SMARTS) is 3. The van der Waals surface area contributed by atoms with E-state index >= 15 is 0 Å². The first-order chi connectivity index (χ1) is 15.6. The van der Waals surface area contributed by atoms with Crippen LogP contribution in [0.2, 0.25) is 0 Å². The molecule has 0 aliphatic heterocycles. The number of unbranched alkanes of at least 4 members (excludes halogenated alkanes) is 3. The maximum Gasteiger partial charge on any atom is 0.306 e. The van der Waals surface area contributed by atoms with Crippen LogP contribution >= 0.6 is 0 Å². The molecule has 3 unspecified atom stereocenters. The highest BCUT2D eigenvalue weighted by molar-refractivity contribution is 5.70. The molecule has 0 spiro atoms. The van der Waals surface area contributed by atoms with Crippen LogP contribution in [0, 0.1) is 17.8 Å². The number of aliphatic carboxylic acids is 3. The van der Waals surface area contributed by atoms with Crippen LogP contribution in [0.5, 0.6) is 0 Å². The predicted octanol–water partition coefficient (Wildman–Crippen LogP) is 8.28. The third-order valence-corrected chi connectivity index (χ3v) is 5.24. The molecule has 0 radical (unpaired) electrons. The molecule has 6 heteroatoms. The van der Waals surface area contributed by atoms with Crippen LogP contribution < -0.4 is 0 Å². The van der Waals surface area contributed by atoms with Gasteiger partial charge in [0, 0.05) is 0 Å². The Morgan fingerprint density at radius 1 is 0.485 bits per heavy atom. The van der Waals surface area contributed by atoms with E-state index in [1.165, 1.54) is 6.42 Å². The largest absolute Gasteiger partial charge is 0.481 e. The minimum absolute atomic E-state index is 0.111. The molecule has 0 aliphatic rings. The van der Waals surface area contributed by atoms with Crippen molar-refractivity contribution < 1.29 is 29.7 Å². The van der Waals surface area contributed by atoms with E-state index in [9.17, 15) is 14.4 Å². The molecule has 0 amide bonds. The van der Waals surface area contributed by atoms with Crippen LogP contribution in [0.3, 0.4) is 0 Å². The molecule has 0 heterocycles. The SMILES string of the molecule is CCC.CCCCC(CC)C(=O)O.CCCCC(CC)C(=O)O.CCCCC(CC)C(=O)O. The van der Waals surface area contributed by atoms with Gasteiger partial charge in [-0.3, -0.25) is 14.4 Å². The Morgan fingerprint density at radius 3 is 0.758 bits per heavy atom. The maximum absolute atomic E-state index is 10.4. The van der Waals surface area contributed by atoms with E-state index in [-0.39, 0.29) is 17.8 Å². The molecule has 0 saturated heterocycles. The first-order valence-corrected chi connectivity index (χ1v) is 13.3. The zero-order chi connectivity index (χ0) is 26.7. The third-order valence-electron chi connectivity index (χ3n) is 5.24. The van der Waals surface area contributed by atoms with Gasteiger partial charge in [-0.25, -0.2) is 0 Å². The zero-order valence-electron chi connectivity index (χ0n) is 23.0. The van der Waals surface area contributed by atoms with Crippen molar-refractivity contribution in [2.75, 3.05) is 0 Å². The van der Waals surface area contributed by atoms with Gasteiger partial charge in [-0.1, -0.05) is 100 Å². The lowest BCUT2D eigenvalue weighted by atomic mass is 10.00. The van der Waals surface area contributed by atoms with Gasteiger partial charge < -0.3 is 15.3 Å². The summed E-state index contributed by atoms with van der Waals surface area (Å²) in [5.41, 5.74) is 0. The van der Waals surface area contributed by atoms with E-state index in [4.69, 9.17) is 15.3 Å². The summed E-state index contributed by atoms with van der Waals surface area (Å²) in [5.74, 6) is -2.26. The molecule has 0 aromatic heterocycles. The fourth-order valence-electron chi connectivity index (χ4n) is 2.86. The van der Waals surface area contributed by atoms with Crippen LogP contribution in [0.15, 0.2) is 0 Å². The monoisotopic (exact) mass is 476 g/mol. The highest BCUT2D eigenvalue weighted by Gasteiger charge is 2.14. The number of rotatable bonds is 15. The van der Waals surface area contributed by atoms with E-state index < -0.39 is 17.9 Å². The van der Waals surface area contributed by atoms with Crippen LogP contribution in [0.1, 0.15) is 139 Å². The molecule has 0 fully saturated rings. The Hall–Kier alpha value is -1.59. The van der Waals surface area contributed by atoms with Gasteiger partial charge in [-0.05, 0) is 38.5 Å². The van der Waals surface area contributed by atoms with Crippen LogP contribution in [0.25, 0.3) is 0 Å². The third kappa shape index (κ3) is 30.4. The summed E-state index contributed by atoms with van der Waals surface area (Å²) < 4.78 is 0. The Morgan fingerprint density at radius 2 is 0.667 bits per heavy atom. The highest BCUT2D eigenvalue weighted by atomic mass is 16.4. The molecular weight excluding hydrogens is 420 g/mol. The van der Waals surface area contributed by atoms with E-state index in [1.54, 1.807) is 0 Å². The summed E-state index contributed by atoms with van der Waals surface area (Å²) in [6.45, 7) is 16.3. The van der Waals surface area contributed by atoms with Crippen molar-refractivity contribution in [3.05, 3.63) is 0 Å². The number of carbonyl (C=O) groups is 3. The molecule has 0 bridgehead atoms. The van der Waals surface area contributed by atoms with E-state index in [0.717, 1.165) is 77.0 Å². The number of hydrogen-bond acceptors (Lipinski definition) is 3. The molecule has 0 saturated carbocycles. The van der Waals surface area contributed by atoms with Crippen molar-refractivity contribution in [1.82, 2.24) is 0 Å². The Balaban J connectivity index is -0.000000180. The first-order valence-electron chi connectivity index (χ1n) is 13.3. The summed E-state index contributed by atoms with van der Waals surface area (Å²) in [5, 5.41) is 25.8. The molecule has 0 rings (SSSR count). The van der Waals surface area contributed by atoms with Crippen molar-refractivity contribution in [3.8, 4) is 0 Å². The number of hydrogen-bond donors (Lipinski definition) is 3.